The fourth-order valence-corrected chi connectivity index (χ4v) is 4.63. The van der Waals surface area contributed by atoms with E-state index in [9.17, 15) is 22.4 Å². The SMILES string of the molecule is O=C(Nc1ncc(Cl)s1)NC(Cc1ccccc1)(c1cccc(OC(F)(F)C(F)F)c1)c1ccc(Cl)cn1. The highest BCUT2D eigenvalue weighted by atomic mass is 35.5. The van der Waals surface area contributed by atoms with E-state index in [1.807, 2.05) is 0 Å². The molecule has 1 atom stereocenters. The monoisotopic (exact) mass is 584 g/mol. The van der Waals surface area contributed by atoms with Gasteiger partial charge in [-0.25, -0.2) is 9.78 Å². The number of nitrogens with one attached hydrogen (secondary N) is 2. The molecule has 198 valence electrons. The summed E-state index contributed by atoms with van der Waals surface area (Å²) >= 11 is 13.0. The average Bonchev–Trinajstić information content (AvgIpc) is 3.28. The number of thiazole rings is 1. The molecule has 4 aromatic rings. The Hall–Kier alpha value is -3.41. The first-order valence-corrected chi connectivity index (χ1v) is 12.5. The van der Waals surface area contributed by atoms with E-state index < -0.39 is 29.9 Å². The van der Waals surface area contributed by atoms with Gasteiger partial charge in [-0.15, -0.1) is 0 Å². The molecule has 0 aliphatic carbocycles. The van der Waals surface area contributed by atoms with Gasteiger partial charge < -0.3 is 10.1 Å². The number of nitrogens with zero attached hydrogens (tertiary/aromatic N) is 2. The van der Waals surface area contributed by atoms with Crippen molar-refractivity contribution in [3.05, 3.63) is 105 Å². The quantitative estimate of drug-likeness (QED) is 0.201. The number of urea groups is 1. The van der Waals surface area contributed by atoms with Crippen molar-refractivity contribution in [1.29, 1.82) is 0 Å². The summed E-state index contributed by atoms with van der Waals surface area (Å²) in [5.41, 5.74) is -0.246. The fraction of sp³-hybridized carbons (Fsp3) is 0.160. The van der Waals surface area contributed by atoms with Crippen LogP contribution in [0.25, 0.3) is 0 Å². The van der Waals surface area contributed by atoms with Gasteiger partial charge in [-0.2, -0.15) is 17.6 Å². The number of ether oxygens (including phenoxy) is 1. The van der Waals surface area contributed by atoms with Crippen LogP contribution in [0.4, 0.5) is 27.5 Å². The highest BCUT2D eigenvalue weighted by molar-refractivity contribution is 7.19. The molecular weight excluding hydrogens is 567 g/mol. The molecule has 0 bridgehead atoms. The number of hydrogen-bond donors (Lipinski definition) is 2. The standard InChI is InChI=1S/C25H18Cl2F4N4O2S/c26-17-9-10-19(32-13-17)24(12-15-5-2-1-3-6-15,35-22(36)34-23-33-14-20(27)38-23)16-7-4-8-18(11-16)37-25(30,31)21(28)29/h1-11,13-14,21H,12H2,(H2,33,34,35,36). The minimum Gasteiger partial charge on any atom is -0.428 e. The molecule has 38 heavy (non-hydrogen) atoms. The van der Waals surface area contributed by atoms with Crippen molar-refractivity contribution in [2.75, 3.05) is 5.32 Å². The number of aromatic nitrogens is 2. The van der Waals surface area contributed by atoms with Crippen LogP contribution in [0.1, 0.15) is 16.8 Å². The molecule has 13 heteroatoms. The maximum atomic E-state index is 13.7. The van der Waals surface area contributed by atoms with Crippen LogP contribution in [0, 0.1) is 0 Å². The van der Waals surface area contributed by atoms with E-state index in [-0.39, 0.29) is 22.8 Å². The minimum absolute atomic E-state index is 0.0865. The van der Waals surface area contributed by atoms with Gasteiger partial charge in [0.1, 0.15) is 15.6 Å². The molecule has 0 saturated heterocycles. The second-order valence-electron chi connectivity index (χ2n) is 7.97. The second-order valence-corrected chi connectivity index (χ2v) is 10.1. The van der Waals surface area contributed by atoms with Crippen molar-refractivity contribution in [3.63, 3.8) is 0 Å². The molecule has 2 heterocycles. The summed E-state index contributed by atoms with van der Waals surface area (Å²) in [7, 11) is 0. The zero-order valence-corrected chi connectivity index (χ0v) is 21.5. The number of anilines is 1. The van der Waals surface area contributed by atoms with Crippen LogP contribution in [-0.4, -0.2) is 28.5 Å². The zero-order chi connectivity index (χ0) is 27.3. The van der Waals surface area contributed by atoms with Crippen molar-refractivity contribution in [2.24, 2.45) is 0 Å². The summed E-state index contributed by atoms with van der Waals surface area (Å²) in [6, 6.07) is 16.5. The van der Waals surface area contributed by atoms with Crippen LogP contribution in [0.15, 0.2) is 79.1 Å². The topological polar surface area (TPSA) is 76.1 Å². The first-order chi connectivity index (χ1) is 18.1. The fourth-order valence-electron chi connectivity index (χ4n) is 3.71. The highest BCUT2D eigenvalue weighted by Crippen LogP contribution is 2.37. The maximum Gasteiger partial charge on any atom is 0.461 e. The van der Waals surface area contributed by atoms with Gasteiger partial charge in [0, 0.05) is 12.6 Å². The summed E-state index contributed by atoms with van der Waals surface area (Å²) in [6.45, 7) is 0. The van der Waals surface area contributed by atoms with Crippen LogP contribution < -0.4 is 15.4 Å². The molecule has 0 spiro atoms. The Morgan fingerprint density at radius 1 is 1.00 bits per heavy atom. The van der Waals surface area contributed by atoms with Crippen LogP contribution in [-0.2, 0) is 12.0 Å². The summed E-state index contributed by atoms with van der Waals surface area (Å²) in [4.78, 5) is 21.6. The van der Waals surface area contributed by atoms with E-state index >= 15 is 0 Å². The van der Waals surface area contributed by atoms with E-state index in [1.54, 1.807) is 42.5 Å². The molecule has 0 aliphatic rings. The molecule has 2 aromatic heterocycles. The molecule has 0 saturated carbocycles. The van der Waals surface area contributed by atoms with E-state index in [1.165, 1.54) is 24.5 Å². The van der Waals surface area contributed by atoms with E-state index in [0.29, 0.717) is 9.36 Å². The summed E-state index contributed by atoms with van der Waals surface area (Å²) in [5.74, 6) is -0.534. The molecule has 6 nitrogen and oxygen atoms in total. The third-order valence-electron chi connectivity index (χ3n) is 5.34. The lowest BCUT2D eigenvalue weighted by Gasteiger charge is -2.35. The molecule has 2 aromatic carbocycles. The third kappa shape index (κ3) is 6.53. The molecule has 1 unspecified atom stereocenters. The van der Waals surface area contributed by atoms with E-state index in [2.05, 4.69) is 25.3 Å². The van der Waals surface area contributed by atoms with Gasteiger partial charge >= 0.3 is 18.6 Å². The lowest BCUT2D eigenvalue weighted by atomic mass is 9.80. The Morgan fingerprint density at radius 3 is 2.39 bits per heavy atom. The molecule has 2 amide bonds. The Morgan fingerprint density at radius 2 is 1.76 bits per heavy atom. The number of amides is 2. The predicted molar refractivity (Wildman–Crippen MR) is 137 cm³/mol. The predicted octanol–water partition coefficient (Wildman–Crippen LogP) is 7.39. The van der Waals surface area contributed by atoms with Gasteiger partial charge in [0.2, 0.25) is 0 Å². The number of carbonyl (C=O) groups is 1. The molecule has 0 radical (unpaired) electrons. The number of benzene rings is 2. The minimum atomic E-state index is -4.73. The average molecular weight is 585 g/mol. The summed E-state index contributed by atoms with van der Waals surface area (Å²) in [5, 5.41) is 5.99. The number of carbonyl (C=O) groups excluding carboxylic acids is 1. The Bertz CT molecular complexity index is 1390. The van der Waals surface area contributed by atoms with Crippen LogP contribution >= 0.6 is 34.5 Å². The maximum absolute atomic E-state index is 13.7. The third-order valence-corrected chi connectivity index (χ3v) is 6.59. The van der Waals surface area contributed by atoms with Gasteiger partial charge in [0.25, 0.3) is 0 Å². The van der Waals surface area contributed by atoms with Gasteiger partial charge in [0.15, 0.2) is 5.13 Å². The largest absolute Gasteiger partial charge is 0.461 e. The van der Waals surface area contributed by atoms with E-state index in [4.69, 9.17) is 23.2 Å². The first kappa shape index (κ1) is 27.6. The van der Waals surface area contributed by atoms with Gasteiger partial charge in [-0.05, 0) is 35.4 Å². The first-order valence-electron chi connectivity index (χ1n) is 10.9. The number of pyridine rings is 1. The normalized spacial score (nSPS) is 13.1. The van der Waals surface area contributed by atoms with E-state index in [0.717, 1.165) is 29.0 Å². The molecule has 4 rings (SSSR count). The van der Waals surface area contributed by atoms with Gasteiger partial charge in [-0.3, -0.25) is 10.3 Å². The summed E-state index contributed by atoms with van der Waals surface area (Å²) in [6.07, 6.45) is -5.96. The number of alkyl halides is 4. The lowest BCUT2D eigenvalue weighted by Crippen LogP contribution is -2.50. The smallest absolute Gasteiger partial charge is 0.428 e. The Labute approximate surface area is 228 Å². The zero-order valence-electron chi connectivity index (χ0n) is 19.2. The van der Waals surface area contributed by atoms with Crippen molar-refractivity contribution < 1.29 is 27.1 Å². The second kappa shape index (κ2) is 11.5. The molecular formula is C25H18Cl2F4N4O2S. The number of hydrogen-bond acceptors (Lipinski definition) is 5. The Balaban J connectivity index is 1.84. The molecule has 0 aliphatic heterocycles. The number of halogens is 6. The van der Waals surface area contributed by atoms with Crippen molar-refractivity contribution in [2.45, 2.75) is 24.5 Å². The lowest BCUT2D eigenvalue weighted by molar-refractivity contribution is -0.253. The van der Waals surface area contributed by atoms with Crippen molar-refractivity contribution in [3.8, 4) is 5.75 Å². The van der Waals surface area contributed by atoms with Gasteiger partial charge in [-0.1, -0.05) is 77.0 Å². The highest BCUT2D eigenvalue weighted by Gasteiger charge is 2.44. The number of rotatable bonds is 9. The van der Waals surface area contributed by atoms with Crippen LogP contribution in [0.3, 0.4) is 0 Å². The molecule has 2 N–H and O–H groups in total. The summed E-state index contributed by atoms with van der Waals surface area (Å²) < 4.78 is 57.8. The Kier molecular flexibility index (Phi) is 8.39. The van der Waals surface area contributed by atoms with Crippen molar-refractivity contribution >= 4 is 45.7 Å². The molecule has 0 fully saturated rings. The van der Waals surface area contributed by atoms with Crippen molar-refractivity contribution in [1.82, 2.24) is 15.3 Å². The van der Waals surface area contributed by atoms with Crippen LogP contribution in [0.5, 0.6) is 5.75 Å². The van der Waals surface area contributed by atoms with Crippen LogP contribution in [0.2, 0.25) is 9.36 Å². The van der Waals surface area contributed by atoms with Gasteiger partial charge in [0.05, 0.1) is 16.9 Å².